The van der Waals surface area contributed by atoms with Gasteiger partial charge in [0.25, 0.3) is 5.91 Å². The summed E-state index contributed by atoms with van der Waals surface area (Å²) in [5, 5.41) is 14.1. The molecule has 2 unspecified atom stereocenters. The molecule has 0 aromatic heterocycles. The predicted octanol–water partition coefficient (Wildman–Crippen LogP) is -0.382. The number of nitrogens with two attached hydrogens (primary N) is 1. The van der Waals surface area contributed by atoms with Gasteiger partial charge in [0, 0.05) is 12.6 Å². The minimum absolute atomic E-state index is 0.0228. The van der Waals surface area contributed by atoms with Crippen LogP contribution in [0.4, 0.5) is 0 Å². The van der Waals surface area contributed by atoms with Crippen LogP contribution in [0.25, 0.3) is 0 Å². The second kappa shape index (κ2) is 7.93. The van der Waals surface area contributed by atoms with Crippen LogP contribution in [0, 0.1) is 0 Å². The van der Waals surface area contributed by atoms with Crippen LogP contribution in [0.2, 0.25) is 0 Å². The Bertz CT molecular complexity index is 684. The zero-order valence-corrected chi connectivity index (χ0v) is 15.8. The highest BCUT2D eigenvalue weighted by Gasteiger charge is 2.60. The third-order valence-electron chi connectivity index (χ3n) is 5.74. The molecule has 8 nitrogen and oxygen atoms in total. The number of rotatable bonds is 8. The van der Waals surface area contributed by atoms with Gasteiger partial charge < -0.3 is 16.2 Å². The second-order valence-electron chi connectivity index (χ2n) is 7.46. The Balaban J connectivity index is 1.52. The molecule has 2 aliphatic rings. The lowest BCUT2D eigenvalue weighted by Crippen LogP contribution is -2.72. The second-order valence-corrected chi connectivity index (χ2v) is 7.46. The van der Waals surface area contributed by atoms with Gasteiger partial charge in [-0.2, -0.15) is 0 Å². The first-order valence-electron chi connectivity index (χ1n) is 9.27. The van der Waals surface area contributed by atoms with E-state index in [1.54, 1.807) is 0 Å². The molecule has 1 aromatic rings. The number of nitrogens with one attached hydrogen (secondary N) is 1. The molecule has 0 aliphatic carbocycles. The first kappa shape index (κ1) is 19.8. The lowest BCUT2D eigenvalue weighted by atomic mass is 9.88. The number of aliphatic hydroxyl groups excluding tert-OH is 1. The van der Waals surface area contributed by atoms with E-state index < -0.39 is 23.6 Å². The molecule has 4 N–H and O–H groups in total. The monoisotopic (exact) mass is 376 g/mol. The van der Waals surface area contributed by atoms with E-state index in [0.29, 0.717) is 19.7 Å². The number of benzene rings is 1. The van der Waals surface area contributed by atoms with Crippen molar-refractivity contribution in [2.75, 3.05) is 20.1 Å². The SMILES string of the molecule is C[C@@H](O)[C@H](NCC1CCC2(CN(OCc3ccccc3)C2=O)N1C)C(N)=O. The lowest BCUT2D eigenvalue weighted by molar-refractivity contribution is -0.242. The Kier molecular flexibility index (Phi) is 5.81. The molecule has 8 heteroatoms. The molecule has 0 saturated carbocycles. The molecule has 1 spiro atoms. The Morgan fingerprint density at radius 2 is 2.15 bits per heavy atom. The van der Waals surface area contributed by atoms with Crippen LogP contribution in [-0.2, 0) is 21.0 Å². The molecule has 0 radical (unpaired) electrons. The summed E-state index contributed by atoms with van der Waals surface area (Å²) in [6.45, 7) is 2.90. The zero-order valence-electron chi connectivity index (χ0n) is 15.8. The van der Waals surface area contributed by atoms with E-state index in [0.717, 1.165) is 18.4 Å². The molecule has 27 heavy (non-hydrogen) atoms. The van der Waals surface area contributed by atoms with Crippen molar-refractivity contribution < 1.29 is 19.5 Å². The zero-order chi connectivity index (χ0) is 19.6. The third kappa shape index (κ3) is 3.84. The number of hydroxylamine groups is 2. The van der Waals surface area contributed by atoms with Gasteiger partial charge >= 0.3 is 0 Å². The summed E-state index contributed by atoms with van der Waals surface area (Å²) in [5.41, 5.74) is 5.80. The van der Waals surface area contributed by atoms with Gasteiger partial charge in [-0.15, -0.1) is 0 Å². The minimum Gasteiger partial charge on any atom is -0.391 e. The van der Waals surface area contributed by atoms with Crippen molar-refractivity contribution in [2.45, 2.75) is 50.1 Å². The number of likely N-dealkylation sites (N-methyl/N-ethyl adjacent to an activating group) is 1. The first-order valence-corrected chi connectivity index (χ1v) is 9.27. The summed E-state index contributed by atoms with van der Waals surface area (Å²) in [4.78, 5) is 31.9. The number of aliphatic hydroxyl groups is 1. The van der Waals surface area contributed by atoms with Crippen LogP contribution in [0.1, 0.15) is 25.3 Å². The summed E-state index contributed by atoms with van der Waals surface area (Å²) in [5.74, 6) is -0.606. The number of hydrogen-bond donors (Lipinski definition) is 3. The van der Waals surface area contributed by atoms with Crippen molar-refractivity contribution >= 4 is 11.8 Å². The molecule has 2 fully saturated rings. The Hall–Kier alpha value is -2.00. The number of carbonyl (C=O) groups excluding carboxylic acids is 2. The predicted molar refractivity (Wildman–Crippen MR) is 99.1 cm³/mol. The average molecular weight is 376 g/mol. The maximum atomic E-state index is 12.7. The van der Waals surface area contributed by atoms with Crippen LogP contribution >= 0.6 is 0 Å². The highest BCUT2D eigenvalue weighted by molar-refractivity contribution is 5.92. The molecular formula is C19H28N4O4. The molecule has 3 rings (SSSR count). The Morgan fingerprint density at radius 1 is 1.44 bits per heavy atom. The number of amides is 2. The molecule has 2 heterocycles. The number of primary amides is 1. The Morgan fingerprint density at radius 3 is 2.74 bits per heavy atom. The maximum absolute atomic E-state index is 12.7. The minimum atomic E-state index is -0.865. The smallest absolute Gasteiger partial charge is 0.268 e. The molecule has 2 saturated heterocycles. The van der Waals surface area contributed by atoms with Gasteiger partial charge in [0.1, 0.15) is 18.2 Å². The lowest BCUT2D eigenvalue weighted by Gasteiger charge is -2.49. The van der Waals surface area contributed by atoms with Gasteiger partial charge in [-0.25, -0.2) is 5.06 Å². The number of likely N-dealkylation sites (tertiary alicyclic amines) is 1. The van der Waals surface area contributed by atoms with E-state index in [1.807, 2.05) is 37.4 Å². The van der Waals surface area contributed by atoms with Crippen molar-refractivity contribution in [1.29, 1.82) is 0 Å². The number of carbonyl (C=O) groups is 2. The summed E-state index contributed by atoms with van der Waals surface area (Å²) < 4.78 is 0. The van der Waals surface area contributed by atoms with Gasteiger partial charge in [-0.1, -0.05) is 30.3 Å². The van der Waals surface area contributed by atoms with Crippen molar-refractivity contribution in [3.8, 4) is 0 Å². The van der Waals surface area contributed by atoms with E-state index in [4.69, 9.17) is 10.6 Å². The van der Waals surface area contributed by atoms with Crippen LogP contribution in [0.3, 0.4) is 0 Å². The Labute approximate surface area is 159 Å². The number of β-lactam (4-membered cyclic amide) rings is 1. The van der Waals surface area contributed by atoms with Gasteiger partial charge in [0.15, 0.2) is 0 Å². The topological polar surface area (TPSA) is 108 Å². The van der Waals surface area contributed by atoms with E-state index in [1.165, 1.54) is 12.0 Å². The van der Waals surface area contributed by atoms with Crippen LogP contribution in [-0.4, -0.2) is 70.7 Å². The third-order valence-corrected chi connectivity index (χ3v) is 5.74. The van der Waals surface area contributed by atoms with Crippen LogP contribution in [0.5, 0.6) is 0 Å². The maximum Gasteiger partial charge on any atom is 0.268 e. The summed E-state index contributed by atoms with van der Waals surface area (Å²) in [7, 11) is 1.92. The summed E-state index contributed by atoms with van der Waals surface area (Å²) >= 11 is 0. The number of hydrogen-bond acceptors (Lipinski definition) is 6. The van der Waals surface area contributed by atoms with E-state index in [2.05, 4.69) is 10.2 Å². The largest absolute Gasteiger partial charge is 0.391 e. The molecule has 2 amide bonds. The van der Waals surface area contributed by atoms with Gasteiger partial charge in [-0.05, 0) is 32.4 Å². The van der Waals surface area contributed by atoms with Crippen LogP contribution < -0.4 is 11.1 Å². The highest BCUT2D eigenvalue weighted by Crippen LogP contribution is 2.41. The molecule has 4 atom stereocenters. The normalized spacial score (nSPS) is 27.6. The van der Waals surface area contributed by atoms with Crippen molar-refractivity contribution in [1.82, 2.24) is 15.3 Å². The average Bonchev–Trinajstić information content (AvgIpc) is 2.97. The standard InChI is InChI=1S/C19H28N4O4/c1-13(24)16(17(20)25)21-10-15-8-9-19(22(15)2)12-23(18(19)26)27-11-14-6-4-3-5-7-14/h3-7,13,15-16,21,24H,8-12H2,1-2H3,(H2,20,25)/t13-,15?,16+,19?/m1/s1. The molecule has 2 aliphatic heterocycles. The van der Waals surface area contributed by atoms with Gasteiger partial charge in [0.2, 0.25) is 5.91 Å². The van der Waals surface area contributed by atoms with Crippen molar-refractivity contribution in [2.24, 2.45) is 5.73 Å². The quantitative estimate of drug-likeness (QED) is 0.534. The fraction of sp³-hybridized carbons (Fsp3) is 0.579. The first-order chi connectivity index (χ1) is 12.8. The fourth-order valence-corrected chi connectivity index (χ4v) is 3.93. The molecule has 0 bridgehead atoms. The van der Waals surface area contributed by atoms with E-state index in [-0.39, 0.29) is 11.9 Å². The van der Waals surface area contributed by atoms with Crippen LogP contribution in [0.15, 0.2) is 30.3 Å². The molecular weight excluding hydrogens is 348 g/mol. The van der Waals surface area contributed by atoms with Gasteiger partial charge in [-0.3, -0.25) is 19.3 Å². The van der Waals surface area contributed by atoms with Gasteiger partial charge in [0.05, 0.1) is 12.6 Å². The molecule has 1 aromatic carbocycles. The number of nitrogens with zero attached hydrogens (tertiary/aromatic N) is 2. The van der Waals surface area contributed by atoms with E-state index in [9.17, 15) is 14.7 Å². The highest BCUT2D eigenvalue weighted by atomic mass is 16.7. The summed E-state index contributed by atoms with van der Waals surface area (Å²) in [6, 6.07) is 9.03. The fourth-order valence-electron chi connectivity index (χ4n) is 3.93. The molecule has 148 valence electrons. The van der Waals surface area contributed by atoms with Crippen molar-refractivity contribution in [3.05, 3.63) is 35.9 Å². The summed E-state index contributed by atoms with van der Waals surface area (Å²) in [6.07, 6.45) is 0.707. The van der Waals surface area contributed by atoms with Crippen molar-refractivity contribution in [3.63, 3.8) is 0 Å². The van der Waals surface area contributed by atoms with E-state index >= 15 is 0 Å².